The zero-order valence-corrected chi connectivity index (χ0v) is 23.0. The summed E-state index contributed by atoms with van der Waals surface area (Å²) in [5.41, 5.74) is 3.04. The van der Waals surface area contributed by atoms with E-state index in [0.29, 0.717) is 61.9 Å². The number of urea groups is 1. The van der Waals surface area contributed by atoms with Gasteiger partial charge in [0.2, 0.25) is 6.29 Å². The van der Waals surface area contributed by atoms with Gasteiger partial charge in [0.15, 0.2) is 0 Å². The second-order valence-corrected chi connectivity index (χ2v) is 10.6. The van der Waals surface area contributed by atoms with E-state index in [4.69, 9.17) is 14.5 Å². The lowest BCUT2D eigenvalue weighted by Crippen LogP contribution is -2.42. The molecule has 0 radical (unpaired) electrons. The van der Waals surface area contributed by atoms with Crippen molar-refractivity contribution in [2.75, 3.05) is 62.5 Å². The molecule has 0 aromatic carbocycles. The fourth-order valence-corrected chi connectivity index (χ4v) is 4.69. The minimum atomic E-state index is -0.628. The first-order valence-corrected chi connectivity index (χ1v) is 13.4. The molecular formula is C25H30IN7O4. The average Bonchev–Trinajstić information content (AvgIpc) is 3.55. The number of carbonyl (C=O) groups excluding carboxylic acids is 2. The number of ether oxygens (including phenoxy) is 2. The van der Waals surface area contributed by atoms with E-state index in [-0.39, 0.29) is 6.03 Å². The number of hydrogen-bond donors (Lipinski definition) is 2. The Morgan fingerprint density at radius 2 is 2.05 bits per heavy atom. The molecule has 2 aliphatic heterocycles. The van der Waals surface area contributed by atoms with E-state index in [0.717, 1.165) is 34.2 Å². The maximum Gasteiger partial charge on any atom is 0.328 e. The second-order valence-electron chi connectivity index (χ2n) is 9.45. The molecular weight excluding hydrogens is 589 g/mol. The van der Waals surface area contributed by atoms with Crippen LogP contribution in [0.2, 0.25) is 0 Å². The third-order valence-corrected chi connectivity index (χ3v) is 7.41. The third-order valence-electron chi connectivity index (χ3n) is 6.55. The first-order chi connectivity index (χ1) is 17.9. The molecule has 3 fully saturated rings. The van der Waals surface area contributed by atoms with Crippen molar-refractivity contribution in [2.45, 2.75) is 31.7 Å². The lowest BCUT2D eigenvalue weighted by atomic mass is 10.1. The quantitative estimate of drug-likeness (QED) is 0.357. The van der Waals surface area contributed by atoms with Crippen LogP contribution in [0, 0.1) is 3.57 Å². The minimum Gasteiger partial charge on any atom is -0.381 e. The largest absolute Gasteiger partial charge is 0.381 e. The zero-order chi connectivity index (χ0) is 25.9. The highest BCUT2D eigenvalue weighted by Gasteiger charge is 2.28. The summed E-state index contributed by atoms with van der Waals surface area (Å²) in [5, 5.41) is 6.32. The van der Waals surface area contributed by atoms with Gasteiger partial charge in [-0.3, -0.25) is 15.1 Å². The highest BCUT2D eigenvalue weighted by atomic mass is 127. The molecule has 2 saturated heterocycles. The molecule has 196 valence electrons. The van der Waals surface area contributed by atoms with E-state index in [1.807, 2.05) is 24.1 Å². The molecule has 1 saturated carbocycles. The number of rotatable bonds is 7. The fourth-order valence-electron chi connectivity index (χ4n) is 4.23. The van der Waals surface area contributed by atoms with Crippen molar-refractivity contribution in [2.24, 2.45) is 0 Å². The summed E-state index contributed by atoms with van der Waals surface area (Å²) in [7, 11) is 3.63. The Balaban J connectivity index is 1.34. The molecule has 5 rings (SSSR count). The van der Waals surface area contributed by atoms with Gasteiger partial charge in [-0.25, -0.2) is 19.6 Å². The van der Waals surface area contributed by atoms with Crippen LogP contribution in [0.5, 0.6) is 0 Å². The number of pyridine rings is 2. The number of amides is 2. The van der Waals surface area contributed by atoms with Gasteiger partial charge in [-0.05, 0) is 54.1 Å². The van der Waals surface area contributed by atoms with E-state index in [1.54, 1.807) is 19.3 Å². The Morgan fingerprint density at radius 1 is 1.27 bits per heavy atom. The summed E-state index contributed by atoms with van der Waals surface area (Å²) >= 11 is 2.23. The van der Waals surface area contributed by atoms with Gasteiger partial charge in [0.1, 0.15) is 29.0 Å². The molecule has 0 atom stereocenters. The lowest BCUT2D eigenvalue weighted by Gasteiger charge is -2.35. The van der Waals surface area contributed by atoms with Gasteiger partial charge in [0, 0.05) is 51.5 Å². The lowest BCUT2D eigenvalue weighted by molar-refractivity contribution is -0.0482. The summed E-state index contributed by atoms with van der Waals surface area (Å²) in [4.78, 5) is 39.3. The Hall–Kier alpha value is -2.77. The van der Waals surface area contributed by atoms with Crippen molar-refractivity contribution in [1.82, 2.24) is 19.8 Å². The van der Waals surface area contributed by atoms with Crippen LogP contribution in [-0.4, -0.2) is 84.7 Å². The first-order valence-electron chi connectivity index (χ1n) is 12.3. The van der Waals surface area contributed by atoms with Gasteiger partial charge in [-0.2, -0.15) is 0 Å². The Morgan fingerprint density at radius 3 is 2.78 bits per heavy atom. The smallest absolute Gasteiger partial charge is 0.328 e. The summed E-state index contributed by atoms with van der Waals surface area (Å²) < 4.78 is 12.5. The maximum absolute atomic E-state index is 13.1. The van der Waals surface area contributed by atoms with Crippen LogP contribution in [0.25, 0.3) is 0 Å². The minimum absolute atomic E-state index is 0.365. The van der Waals surface area contributed by atoms with Crippen molar-refractivity contribution in [3.63, 3.8) is 0 Å². The van der Waals surface area contributed by atoms with Gasteiger partial charge >= 0.3 is 6.03 Å². The topological polar surface area (TPSA) is 112 Å². The first kappa shape index (κ1) is 25.9. The normalized spacial score (nSPS) is 18.6. The van der Waals surface area contributed by atoms with Gasteiger partial charge in [0.05, 0.1) is 22.5 Å². The number of piperazine rings is 1. The van der Waals surface area contributed by atoms with Crippen LogP contribution >= 0.6 is 22.6 Å². The molecule has 11 nitrogen and oxygen atoms in total. The standard InChI is InChI=1S/C25H30IN7O4/c1-31-7-8-33(18(14-31)15-34)13-16-3-6-22(30-23(16)24-36-9-10-37-24)32(2)25(35)29-21-11-20(19(26)12-27-21)28-17-4-5-17/h3,6,11-12,17,24H,4-5,7-10,13-14H2,1-2H3,(H2,27,28,29,35). The Labute approximate surface area is 229 Å². The molecule has 0 bridgehead atoms. The number of likely N-dealkylation sites (N-methyl/N-ethyl adjacent to an activating group) is 1. The molecule has 0 unspecified atom stereocenters. The molecule has 2 aromatic rings. The number of nitrogens with zero attached hydrogens (tertiary/aromatic N) is 5. The molecule has 37 heavy (non-hydrogen) atoms. The molecule has 2 N–H and O–H groups in total. The number of carbonyl (C=O) groups is 1. The van der Waals surface area contributed by atoms with Crippen molar-refractivity contribution in [1.29, 1.82) is 0 Å². The average molecular weight is 619 g/mol. The van der Waals surface area contributed by atoms with E-state index < -0.39 is 6.29 Å². The predicted octanol–water partition coefficient (Wildman–Crippen LogP) is 2.83. The van der Waals surface area contributed by atoms with Crippen molar-refractivity contribution < 1.29 is 19.1 Å². The van der Waals surface area contributed by atoms with Gasteiger partial charge in [-0.1, -0.05) is 6.07 Å². The number of hydrogen-bond acceptors (Lipinski definition) is 9. The number of halogens is 1. The number of anilines is 3. The van der Waals surface area contributed by atoms with Crippen LogP contribution in [0.15, 0.2) is 30.1 Å². The number of aromatic nitrogens is 2. The Kier molecular flexibility index (Phi) is 7.91. The van der Waals surface area contributed by atoms with Crippen LogP contribution in [0.1, 0.15) is 30.4 Å². The SMILES string of the molecule is CN1CCN(Cc2ccc(N(C)C(=O)Nc3cc(NC4CC4)c(I)cn3)nc2C2OCCO2)C(=C=O)C1. The summed E-state index contributed by atoms with van der Waals surface area (Å²) in [5.74, 6) is 2.99. The third kappa shape index (κ3) is 6.21. The van der Waals surface area contributed by atoms with Crippen molar-refractivity contribution in [3.05, 3.63) is 44.9 Å². The van der Waals surface area contributed by atoms with Crippen molar-refractivity contribution >= 4 is 51.9 Å². The summed E-state index contributed by atoms with van der Waals surface area (Å²) in [6.45, 7) is 3.51. The van der Waals surface area contributed by atoms with Gasteiger partial charge in [0.25, 0.3) is 0 Å². The van der Waals surface area contributed by atoms with Crippen LogP contribution in [-0.2, 0) is 20.8 Å². The highest BCUT2D eigenvalue weighted by molar-refractivity contribution is 14.1. The van der Waals surface area contributed by atoms with Crippen LogP contribution in [0.4, 0.5) is 22.1 Å². The molecule has 1 aliphatic carbocycles. The molecule has 12 heteroatoms. The Bertz CT molecular complexity index is 1210. The fraction of sp³-hybridized carbons (Fsp3) is 0.480. The predicted molar refractivity (Wildman–Crippen MR) is 147 cm³/mol. The maximum atomic E-state index is 13.1. The van der Waals surface area contributed by atoms with E-state index in [1.165, 1.54) is 4.90 Å². The van der Waals surface area contributed by atoms with Gasteiger partial charge in [-0.15, -0.1) is 0 Å². The molecule has 0 spiro atoms. The monoisotopic (exact) mass is 619 g/mol. The van der Waals surface area contributed by atoms with E-state index in [2.05, 4.69) is 49.0 Å². The molecule has 2 aromatic heterocycles. The summed E-state index contributed by atoms with van der Waals surface area (Å²) in [6.07, 6.45) is 3.42. The van der Waals surface area contributed by atoms with Crippen molar-refractivity contribution in [3.8, 4) is 0 Å². The van der Waals surface area contributed by atoms with Gasteiger partial charge < -0.3 is 19.7 Å². The second kappa shape index (κ2) is 11.3. The van der Waals surface area contributed by atoms with E-state index >= 15 is 0 Å². The zero-order valence-electron chi connectivity index (χ0n) is 20.9. The number of nitrogens with one attached hydrogen (secondary N) is 2. The van der Waals surface area contributed by atoms with Crippen LogP contribution in [0.3, 0.4) is 0 Å². The van der Waals surface area contributed by atoms with E-state index in [9.17, 15) is 9.59 Å². The van der Waals surface area contributed by atoms with Crippen LogP contribution < -0.4 is 15.5 Å². The molecule has 4 heterocycles. The summed E-state index contributed by atoms with van der Waals surface area (Å²) in [6, 6.07) is 5.67. The highest BCUT2D eigenvalue weighted by Crippen LogP contribution is 2.30. The molecule has 2 amide bonds. The molecule has 3 aliphatic rings.